The summed E-state index contributed by atoms with van der Waals surface area (Å²) in [4.78, 5) is 2.60. The van der Waals surface area contributed by atoms with Crippen LogP contribution in [0, 0.1) is 0 Å². The normalized spacial score (nSPS) is 21.1. The summed E-state index contributed by atoms with van der Waals surface area (Å²) < 4.78 is 0. The molecule has 0 saturated carbocycles. The summed E-state index contributed by atoms with van der Waals surface area (Å²) in [5.74, 6) is 0. The Hall–Kier alpha value is -0.570. The highest BCUT2D eigenvalue weighted by Gasteiger charge is 2.23. The minimum atomic E-state index is 0.481. The van der Waals surface area contributed by atoms with E-state index in [1.807, 2.05) is 6.07 Å². The van der Waals surface area contributed by atoms with Crippen LogP contribution in [-0.4, -0.2) is 31.1 Å². The van der Waals surface area contributed by atoms with Crippen LogP contribution in [0.5, 0.6) is 0 Å². The van der Waals surface area contributed by atoms with Gasteiger partial charge in [-0.3, -0.25) is 4.90 Å². The summed E-state index contributed by atoms with van der Waals surface area (Å²) in [5, 5.41) is 4.33. The van der Waals surface area contributed by atoms with E-state index < -0.39 is 0 Å². The minimum Gasteiger partial charge on any atom is -0.314 e. The SMILES string of the molecule is CCCCCN1CCNCC1c1cccc(Cl)c1. The van der Waals surface area contributed by atoms with Crippen molar-refractivity contribution >= 4 is 11.6 Å². The lowest BCUT2D eigenvalue weighted by molar-refractivity contribution is 0.159. The monoisotopic (exact) mass is 266 g/mol. The molecule has 2 nitrogen and oxygen atoms in total. The smallest absolute Gasteiger partial charge is 0.0473 e. The molecule has 1 atom stereocenters. The zero-order valence-electron chi connectivity index (χ0n) is 11.2. The lowest BCUT2D eigenvalue weighted by Gasteiger charge is -2.36. The fraction of sp³-hybridized carbons (Fsp3) is 0.600. The van der Waals surface area contributed by atoms with E-state index in [0.29, 0.717) is 6.04 Å². The van der Waals surface area contributed by atoms with Crippen molar-refractivity contribution in [3.8, 4) is 0 Å². The maximum absolute atomic E-state index is 6.10. The molecular formula is C15H23ClN2. The molecule has 18 heavy (non-hydrogen) atoms. The molecule has 1 N–H and O–H groups in total. The lowest BCUT2D eigenvalue weighted by atomic mass is 10.0. The Morgan fingerprint density at radius 3 is 3.06 bits per heavy atom. The van der Waals surface area contributed by atoms with Crippen LogP contribution in [0.1, 0.15) is 37.8 Å². The average Bonchev–Trinajstić information content (AvgIpc) is 2.40. The highest BCUT2D eigenvalue weighted by atomic mass is 35.5. The molecule has 2 rings (SSSR count). The van der Waals surface area contributed by atoms with Crippen LogP contribution >= 0.6 is 11.6 Å². The molecular weight excluding hydrogens is 244 g/mol. The molecule has 1 aromatic carbocycles. The summed E-state index contributed by atoms with van der Waals surface area (Å²) in [6.07, 6.45) is 3.91. The van der Waals surface area contributed by atoms with Crippen LogP contribution in [-0.2, 0) is 0 Å². The molecule has 1 aromatic rings. The van der Waals surface area contributed by atoms with E-state index in [-0.39, 0.29) is 0 Å². The van der Waals surface area contributed by atoms with Gasteiger partial charge in [-0.15, -0.1) is 0 Å². The second-order valence-corrected chi connectivity index (χ2v) is 5.45. The van der Waals surface area contributed by atoms with Crippen molar-refractivity contribution in [2.45, 2.75) is 32.2 Å². The van der Waals surface area contributed by atoms with E-state index in [0.717, 1.165) is 24.7 Å². The van der Waals surface area contributed by atoms with Gasteiger partial charge in [0.25, 0.3) is 0 Å². The first-order valence-electron chi connectivity index (χ1n) is 7.01. The van der Waals surface area contributed by atoms with Gasteiger partial charge in [0.15, 0.2) is 0 Å². The van der Waals surface area contributed by atoms with Crippen molar-refractivity contribution in [2.24, 2.45) is 0 Å². The first-order valence-corrected chi connectivity index (χ1v) is 7.39. The molecule has 1 aliphatic rings. The van der Waals surface area contributed by atoms with Crippen molar-refractivity contribution in [1.82, 2.24) is 10.2 Å². The predicted octanol–water partition coefficient (Wildman–Crippen LogP) is 3.48. The van der Waals surface area contributed by atoms with Crippen LogP contribution in [0.3, 0.4) is 0 Å². The summed E-state index contributed by atoms with van der Waals surface area (Å²) in [6.45, 7) is 6.73. The fourth-order valence-corrected chi connectivity index (χ4v) is 2.82. The first-order chi connectivity index (χ1) is 8.81. The van der Waals surface area contributed by atoms with Crippen LogP contribution < -0.4 is 5.32 Å². The molecule has 0 spiro atoms. The lowest BCUT2D eigenvalue weighted by Crippen LogP contribution is -2.46. The second kappa shape index (κ2) is 7.13. The molecule has 0 aliphatic carbocycles. The van der Waals surface area contributed by atoms with Gasteiger partial charge in [-0.25, -0.2) is 0 Å². The van der Waals surface area contributed by atoms with Crippen LogP contribution in [0.2, 0.25) is 5.02 Å². The third-order valence-electron chi connectivity index (χ3n) is 3.64. The quantitative estimate of drug-likeness (QED) is 0.821. The van der Waals surface area contributed by atoms with Crippen molar-refractivity contribution in [3.63, 3.8) is 0 Å². The number of nitrogens with one attached hydrogen (secondary N) is 1. The molecule has 1 aliphatic heterocycles. The number of rotatable bonds is 5. The molecule has 1 fully saturated rings. The van der Waals surface area contributed by atoms with Gasteiger partial charge in [0.2, 0.25) is 0 Å². The number of halogens is 1. The molecule has 0 radical (unpaired) electrons. The van der Waals surface area contributed by atoms with E-state index in [1.54, 1.807) is 0 Å². The largest absolute Gasteiger partial charge is 0.314 e. The molecule has 0 aromatic heterocycles. The molecule has 1 unspecified atom stereocenters. The Morgan fingerprint density at radius 1 is 1.39 bits per heavy atom. The Kier molecular flexibility index (Phi) is 5.48. The van der Waals surface area contributed by atoms with E-state index >= 15 is 0 Å². The number of unbranched alkanes of at least 4 members (excludes halogenated alkanes) is 2. The van der Waals surface area contributed by atoms with Gasteiger partial charge in [0.1, 0.15) is 0 Å². The third kappa shape index (κ3) is 3.71. The summed E-state index contributed by atoms with van der Waals surface area (Å²) in [5.41, 5.74) is 1.34. The molecule has 1 heterocycles. The van der Waals surface area contributed by atoms with Gasteiger partial charge < -0.3 is 5.32 Å². The predicted molar refractivity (Wildman–Crippen MR) is 78.2 cm³/mol. The zero-order valence-corrected chi connectivity index (χ0v) is 11.9. The van der Waals surface area contributed by atoms with Gasteiger partial charge in [-0.1, -0.05) is 43.5 Å². The summed E-state index contributed by atoms with van der Waals surface area (Å²) in [7, 11) is 0. The van der Waals surface area contributed by atoms with Gasteiger partial charge in [-0.05, 0) is 30.7 Å². The van der Waals surface area contributed by atoms with E-state index in [9.17, 15) is 0 Å². The second-order valence-electron chi connectivity index (χ2n) is 5.02. The average molecular weight is 267 g/mol. The van der Waals surface area contributed by atoms with Gasteiger partial charge >= 0.3 is 0 Å². The summed E-state index contributed by atoms with van der Waals surface area (Å²) in [6, 6.07) is 8.77. The van der Waals surface area contributed by atoms with E-state index in [1.165, 1.54) is 31.4 Å². The molecule has 3 heteroatoms. The summed E-state index contributed by atoms with van der Waals surface area (Å²) >= 11 is 6.10. The standard InChI is InChI=1S/C15H23ClN2/c1-2-3-4-9-18-10-8-17-12-15(18)13-6-5-7-14(16)11-13/h5-7,11,15,17H,2-4,8-10,12H2,1H3. The Labute approximate surface area is 115 Å². The molecule has 0 amide bonds. The topological polar surface area (TPSA) is 15.3 Å². The Balaban J connectivity index is 2.03. The minimum absolute atomic E-state index is 0.481. The van der Waals surface area contributed by atoms with Crippen molar-refractivity contribution in [3.05, 3.63) is 34.9 Å². The molecule has 1 saturated heterocycles. The Morgan fingerprint density at radius 2 is 2.28 bits per heavy atom. The number of nitrogens with zero attached hydrogens (tertiary/aromatic N) is 1. The molecule has 100 valence electrons. The first kappa shape index (κ1) is 13.9. The van der Waals surface area contributed by atoms with Crippen LogP contribution in [0.15, 0.2) is 24.3 Å². The van der Waals surface area contributed by atoms with Gasteiger partial charge in [-0.2, -0.15) is 0 Å². The van der Waals surface area contributed by atoms with Gasteiger partial charge in [0.05, 0.1) is 0 Å². The third-order valence-corrected chi connectivity index (χ3v) is 3.87. The van der Waals surface area contributed by atoms with E-state index in [4.69, 9.17) is 11.6 Å². The highest BCUT2D eigenvalue weighted by Crippen LogP contribution is 2.24. The number of benzene rings is 1. The maximum Gasteiger partial charge on any atom is 0.0473 e. The van der Waals surface area contributed by atoms with Crippen LogP contribution in [0.25, 0.3) is 0 Å². The number of piperazine rings is 1. The van der Waals surface area contributed by atoms with Crippen molar-refractivity contribution < 1.29 is 0 Å². The van der Waals surface area contributed by atoms with E-state index in [2.05, 4.69) is 35.3 Å². The zero-order chi connectivity index (χ0) is 12.8. The number of hydrogen-bond acceptors (Lipinski definition) is 2. The van der Waals surface area contributed by atoms with Crippen molar-refractivity contribution in [1.29, 1.82) is 0 Å². The molecule has 0 bridgehead atoms. The maximum atomic E-state index is 6.10. The van der Waals surface area contributed by atoms with Crippen molar-refractivity contribution in [2.75, 3.05) is 26.2 Å². The van der Waals surface area contributed by atoms with Gasteiger partial charge in [0, 0.05) is 30.7 Å². The fourth-order valence-electron chi connectivity index (χ4n) is 2.62. The number of hydrogen-bond donors (Lipinski definition) is 1. The Bertz CT molecular complexity index is 367. The highest BCUT2D eigenvalue weighted by molar-refractivity contribution is 6.30. The van der Waals surface area contributed by atoms with Crippen LogP contribution in [0.4, 0.5) is 0 Å².